The number of benzene rings is 4. The highest BCUT2D eigenvalue weighted by molar-refractivity contribution is 6.01. The van der Waals surface area contributed by atoms with Gasteiger partial charge in [0.25, 0.3) is 0 Å². The molecule has 1 atom stereocenters. The first-order valence-corrected chi connectivity index (χ1v) is 15.3. The van der Waals surface area contributed by atoms with Gasteiger partial charge in [0.15, 0.2) is 6.23 Å². The van der Waals surface area contributed by atoms with Gasteiger partial charge in [0.2, 0.25) is 0 Å². The van der Waals surface area contributed by atoms with Gasteiger partial charge in [-0.25, -0.2) is 0 Å². The fourth-order valence-corrected chi connectivity index (χ4v) is 7.26. The maximum absolute atomic E-state index is 6.34. The van der Waals surface area contributed by atoms with Crippen LogP contribution in [0.1, 0.15) is 47.9 Å². The largest absolute Gasteiger partial charge is 0.464 e. The molecule has 2 aliphatic heterocycles. The molecule has 2 aliphatic carbocycles. The van der Waals surface area contributed by atoms with E-state index in [2.05, 4.69) is 124 Å². The van der Waals surface area contributed by atoms with Crippen molar-refractivity contribution in [2.45, 2.75) is 31.9 Å². The van der Waals surface area contributed by atoms with Crippen LogP contribution in [0.2, 0.25) is 0 Å². The van der Waals surface area contributed by atoms with Gasteiger partial charge in [-0.05, 0) is 68.1 Å². The summed E-state index contributed by atoms with van der Waals surface area (Å²) in [5.41, 5.74) is 15.0. The summed E-state index contributed by atoms with van der Waals surface area (Å²) < 4.78 is 8.87. The molecule has 4 aliphatic rings. The molecule has 9 rings (SSSR count). The van der Waals surface area contributed by atoms with E-state index in [1.54, 1.807) is 0 Å². The minimum Gasteiger partial charge on any atom is -0.464 e. The first-order valence-electron chi connectivity index (χ1n) is 15.3. The number of aromatic nitrogens is 1. The average Bonchev–Trinajstić information content (AvgIpc) is 3.63. The number of nitrogens with zero attached hydrogens (tertiary/aromatic N) is 2. The molecule has 0 spiro atoms. The lowest BCUT2D eigenvalue weighted by Gasteiger charge is -2.31. The van der Waals surface area contributed by atoms with Gasteiger partial charge in [0, 0.05) is 50.6 Å². The van der Waals surface area contributed by atoms with Crippen LogP contribution in [0.3, 0.4) is 0 Å². The van der Waals surface area contributed by atoms with Gasteiger partial charge in [-0.1, -0.05) is 85.0 Å². The fourth-order valence-electron chi connectivity index (χ4n) is 7.26. The number of rotatable bonds is 3. The second kappa shape index (κ2) is 9.67. The third-order valence-electron chi connectivity index (χ3n) is 9.09. The predicted octanol–water partition coefficient (Wildman–Crippen LogP) is 9.82. The lowest BCUT2D eigenvalue weighted by Crippen LogP contribution is -2.20. The van der Waals surface area contributed by atoms with E-state index in [9.17, 15) is 0 Å². The number of hydrogen-bond acceptors (Lipinski definition) is 3. The van der Waals surface area contributed by atoms with Crippen molar-refractivity contribution in [3.05, 3.63) is 149 Å². The topological polar surface area (TPSA) is 29.4 Å². The minimum absolute atomic E-state index is 0.226. The van der Waals surface area contributed by atoms with Crippen LogP contribution in [-0.4, -0.2) is 4.57 Å². The lowest BCUT2D eigenvalue weighted by atomic mass is 9.90. The molecule has 0 saturated carbocycles. The van der Waals surface area contributed by atoms with E-state index in [-0.39, 0.29) is 6.23 Å². The van der Waals surface area contributed by atoms with Crippen molar-refractivity contribution in [2.75, 3.05) is 10.2 Å². The van der Waals surface area contributed by atoms with Crippen molar-refractivity contribution in [1.29, 1.82) is 0 Å². The van der Waals surface area contributed by atoms with Crippen LogP contribution in [-0.2, 0) is 6.42 Å². The molecule has 0 amide bonds. The summed E-state index contributed by atoms with van der Waals surface area (Å²) in [4.78, 5) is 2.51. The zero-order chi connectivity index (χ0) is 28.3. The second-order valence-corrected chi connectivity index (χ2v) is 11.6. The molecule has 4 aromatic carbocycles. The number of hydrogen-bond donors (Lipinski definition) is 1. The number of fused-ring (bicyclic) bond motifs is 7. The van der Waals surface area contributed by atoms with E-state index >= 15 is 0 Å². The zero-order valence-electron chi connectivity index (χ0n) is 23.8. The molecule has 0 bridgehead atoms. The summed E-state index contributed by atoms with van der Waals surface area (Å²) >= 11 is 0. The molecule has 0 radical (unpaired) electrons. The van der Waals surface area contributed by atoms with Crippen LogP contribution < -0.4 is 15.0 Å². The molecule has 43 heavy (non-hydrogen) atoms. The monoisotopic (exact) mass is 557 g/mol. The normalized spacial score (nSPS) is 17.7. The van der Waals surface area contributed by atoms with Gasteiger partial charge in [0.05, 0.1) is 17.1 Å². The molecule has 208 valence electrons. The third kappa shape index (κ3) is 3.76. The van der Waals surface area contributed by atoms with E-state index in [4.69, 9.17) is 4.74 Å². The Morgan fingerprint density at radius 2 is 1.51 bits per heavy atom. The predicted molar refractivity (Wildman–Crippen MR) is 176 cm³/mol. The summed E-state index contributed by atoms with van der Waals surface area (Å²) in [5.74, 6) is 0.895. The highest BCUT2D eigenvalue weighted by Gasteiger charge is 2.35. The smallest absolute Gasteiger partial charge is 0.196 e. The Labute approximate surface area is 251 Å². The minimum atomic E-state index is -0.226. The van der Waals surface area contributed by atoms with Gasteiger partial charge in [-0.15, -0.1) is 0 Å². The number of ether oxygens (including phenoxy) is 1. The Morgan fingerprint density at radius 1 is 0.721 bits per heavy atom. The molecule has 4 nitrogen and oxygen atoms in total. The first-order chi connectivity index (χ1) is 21.3. The Morgan fingerprint density at radius 3 is 2.44 bits per heavy atom. The highest BCUT2D eigenvalue weighted by Crippen LogP contribution is 2.52. The summed E-state index contributed by atoms with van der Waals surface area (Å²) in [6.45, 7) is 0. The number of allylic oxidation sites excluding steroid dienone is 5. The summed E-state index contributed by atoms with van der Waals surface area (Å²) in [7, 11) is 0. The van der Waals surface area contributed by atoms with Crippen molar-refractivity contribution in [3.63, 3.8) is 0 Å². The van der Waals surface area contributed by atoms with Crippen LogP contribution >= 0.6 is 0 Å². The highest BCUT2D eigenvalue weighted by atomic mass is 16.5. The molecule has 5 aromatic rings. The zero-order valence-corrected chi connectivity index (χ0v) is 23.8. The third-order valence-corrected chi connectivity index (χ3v) is 9.09. The Hall–Kier alpha value is -5.22. The van der Waals surface area contributed by atoms with Crippen molar-refractivity contribution in [3.8, 4) is 22.7 Å². The molecule has 0 fully saturated rings. The van der Waals surface area contributed by atoms with Gasteiger partial charge in [0.1, 0.15) is 5.75 Å². The number of para-hydroxylation sites is 4. The Kier molecular flexibility index (Phi) is 5.48. The van der Waals surface area contributed by atoms with E-state index in [1.807, 2.05) is 18.2 Å². The SMILES string of the molecule is C1=CC2=C(CC1)N(c1cccc(C3Nc4ccccc4O3)c1)c1ccccc1-c1c2c2c(n1-c1ccccc1)CCC=C2. The molecule has 0 saturated heterocycles. The maximum Gasteiger partial charge on any atom is 0.196 e. The molecular formula is C39H31N3O. The van der Waals surface area contributed by atoms with Crippen molar-refractivity contribution in [1.82, 2.24) is 4.57 Å². The van der Waals surface area contributed by atoms with Crippen LogP contribution in [0.15, 0.2) is 127 Å². The second-order valence-electron chi connectivity index (χ2n) is 11.6. The molecule has 1 unspecified atom stereocenters. The van der Waals surface area contributed by atoms with E-state index in [0.717, 1.165) is 48.4 Å². The van der Waals surface area contributed by atoms with Crippen LogP contribution in [0.25, 0.3) is 28.6 Å². The maximum atomic E-state index is 6.34. The van der Waals surface area contributed by atoms with Crippen molar-refractivity contribution < 1.29 is 4.74 Å². The van der Waals surface area contributed by atoms with Crippen molar-refractivity contribution in [2.24, 2.45) is 0 Å². The van der Waals surface area contributed by atoms with Crippen LogP contribution in [0.5, 0.6) is 5.75 Å². The lowest BCUT2D eigenvalue weighted by molar-refractivity contribution is 0.260. The van der Waals surface area contributed by atoms with Gasteiger partial charge in [-0.2, -0.15) is 0 Å². The van der Waals surface area contributed by atoms with Gasteiger partial charge < -0.3 is 19.5 Å². The molecule has 4 heteroatoms. The molecular weight excluding hydrogens is 526 g/mol. The van der Waals surface area contributed by atoms with Crippen LogP contribution in [0, 0.1) is 0 Å². The molecule has 3 heterocycles. The summed E-state index contributed by atoms with van der Waals surface area (Å²) in [5, 5.41) is 3.56. The summed E-state index contributed by atoms with van der Waals surface area (Å²) in [6.07, 6.45) is 13.3. The Balaban J connectivity index is 1.28. The molecule has 1 aromatic heterocycles. The van der Waals surface area contributed by atoms with E-state index in [1.165, 1.54) is 50.7 Å². The van der Waals surface area contributed by atoms with Crippen molar-refractivity contribution >= 4 is 28.7 Å². The average molecular weight is 558 g/mol. The standard InChI is InChI=1S/C39H31N3O/c1-2-14-27(15-3-1)42-34-22-9-5-18-30(34)37-29-17-4-8-21-33(29)41(35-23-10-6-19-31(35)38(37)42)28-16-12-13-26(25-28)39-40-32-20-7-11-24-36(32)43-39/h1-7,10-20,23-25,39-40H,8-9,21-22H2. The Bertz CT molecular complexity index is 1970. The number of anilines is 3. The van der Waals surface area contributed by atoms with Gasteiger partial charge in [-0.3, -0.25) is 0 Å². The number of nitrogens with one attached hydrogen (secondary N) is 1. The quantitative estimate of drug-likeness (QED) is 0.239. The van der Waals surface area contributed by atoms with Gasteiger partial charge >= 0.3 is 0 Å². The fraction of sp³-hybridized carbons (Fsp3) is 0.128. The summed E-state index contributed by atoms with van der Waals surface area (Å²) in [6, 6.07) is 36.8. The van der Waals surface area contributed by atoms with E-state index < -0.39 is 0 Å². The van der Waals surface area contributed by atoms with E-state index in [0.29, 0.717) is 0 Å². The first kappa shape index (κ1) is 24.4. The molecule has 1 N–H and O–H groups in total. The van der Waals surface area contributed by atoms with Crippen LogP contribution in [0.4, 0.5) is 17.1 Å².